The van der Waals surface area contributed by atoms with Crippen molar-refractivity contribution < 1.29 is 4.74 Å². The van der Waals surface area contributed by atoms with Gasteiger partial charge in [0.25, 0.3) is 5.17 Å². The Morgan fingerprint density at radius 2 is 1.70 bits per heavy atom. The molecule has 0 unspecified atom stereocenters. The summed E-state index contributed by atoms with van der Waals surface area (Å²) in [4.78, 5) is 4.66. The molecule has 1 saturated heterocycles. The van der Waals surface area contributed by atoms with Gasteiger partial charge in [0.15, 0.2) is 0 Å². The van der Waals surface area contributed by atoms with Gasteiger partial charge in [-0.15, -0.1) is 0 Å². The standard InChI is InChI=1S/C16H24N2OS/c1-16(2,3)18-11-9-17(10-12-18)15(20)19-13-14-7-5-4-6-8-14/h4-8H,9-13H2,1-3H3. The molecule has 1 heterocycles. The Kier molecular flexibility index (Phi) is 5.00. The summed E-state index contributed by atoms with van der Waals surface area (Å²) >= 11 is 5.39. The average Bonchev–Trinajstić information content (AvgIpc) is 2.45. The first-order valence-corrected chi connectivity index (χ1v) is 7.58. The summed E-state index contributed by atoms with van der Waals surface area (Å²) in [5, 5.41) is 0.627. The average molecular weight is 292 g/mol. The predicted octanol–water partition coefficient (Wildman–Crippen LogP) is 2.90. The molecule has 0 radical (unpaired) electrons. The fraction of sp³-hybridized carbons (Fsp3) is 0.562. The minimum Gasteiger partial charge on any atom is -0.466 e. The molecule has 1 aliphatic rings. The number of rotatable bonds is 2. The molecule has 1 fully saturated rings. The highest BCUT2D eigenvalue weighted by atomic mass is 32.1. The quantitative estimate of drug-likeness (QED) is 0.779. The fourth-order valence-electron chi connectivity index (χ4n) is 2.37. The van der Waals surface area contributed by atoms with Crippen molar-refractivity contribution in [1.82, 2.24) is 9.80 Å². The van der Waals surface area contributed by atoms with Gasteiger partial charge in [0.05, 0.1) is 0 Å². The van der Waals surface area contributed by atoms with Gasteiger partial charge in [-0.05, 0) is 38.6 Å². The number of hydrogen-bond donors (Lipinski definition) is 0. The molecule has 4 heteroatoms. The lowest BCUT2D eigenvalue weighted by molar-refractivity contribution is 0.0777. The maximum atomic E-state index is 5.73. The van der Waals surface area contributed by atoms with Crippen molar-refractivity contribution in [3.8, 4) is 0 Å². The fourth-order valence-corrected chi connectivity index (χ4v) is 2.61. The lowest BCUT2D eigenvalue weighted by atomic mass is 10.1. The number of benzene rings is 1. The largest absolute Gasteiger partial charge is 0.466 e. The third-order valence-electron chi connectivity index (χ3n) is 3.69. The third-order valence-corrected chi connectivity index (χ3v) is 4.07. The van der Waals surface area contributed by atoms with E-state index in [9.17, 15) is 0 Å². The minimum absolute atomic E-state index is 0.235. The van der Waals surface area contributed by atoms with Gasteiger partial charge in [0.2, 0.25) is 0 Å². The van der Waals surface area contributed by atoms with E-state index in [2.05, 4.69) is 42.7 Å². The van der Waals surface area contributed by atoms with Crippen LogP contribution in [-0.4, -0.2) is 46.7 Å². The molecular formula is C16H24N2OS. The number of hydrogen-bond acceptors (Lipinski definition) is 3. The molecule has 0 atom stereocenters. The summed E-state index contributed by atoms with van der Waals surface area (Å²) in [5.74, 6) is 0. The summed E-state index contributed by atoms with van der Waals surface area (Å²) in [6.45, 7) is 11.3. The first kappa shape index (κ1) is 15.3. The van der Waals surface area contributed by atoms with E-state index in [1.54, 1.807) is 0 Å². The molecule has 0 amide bonds. The van der Waals surface area contributed by atoms with Crippen LogP contribution in [0.3, 0.4) is 0 Å². The van der Waals surface area contributed by atoms with Crippen LogP contribution >= 0.6 is 12.2 Å². The van der Waals surface area contributed by atoms with Crippen LogP contribution in [0.2, 0.25) is 0 Å². The normalized spacial score (nSPS) is 17.1. The summed E-state index contributed by atoms with van der Waals surface area (Å²) < 4.78 is 5.73. The van der Waals surface area contributed by atoms with Gasteiger partial charge in [0, 0.05) is 31.7 Å². The molecular weight excluding hydrogens is 268 g/mol. The predicted molar refractivity (Wildman–Crippen MR) is 86.7 cm³/mol. The molecule has 0 aliphatic carbocycles. The zero-order valence-corrected chi connectivity index (χ0v) is 13.4. The first-order valence-electron chi connectivity index (χ1n) is 7.17. The Morgan fingerprint density at radius 1 is 1.10 bits per heavy atom. The Balaban J connectivity index is 1.78. The van der Waals surface area contributed by atoms with Gasteiger partial charge in [-0.2, -0.15) is 0 Å². The zero-order valence-electron chi connectivity index (χ0n) is 12.6. The lowest BCUT2D eigenvalue weighted by Gasteiger charge is -2.42. The minimum atomic E-state index is 0.235. The monoisotopic (exact) mass is 292 g/mol. The van der Waals surface area contributed by atoms with E-state index in [1.807, 2.05) is 18.2 Å². The van der Waals surface area contributed by atoms with Crippen molar-refractivity contribution in [2.24, 2.45) is 0 Å². The van der Waals surface area contributed by atoms with Gasteiger partial charge in [0.1, 0.15) is 6.61 Å². The van der Waals surface area contributed by atoms with Gasteiger partial charge >= 0.3 is 0 Å². The SMILES string of the molecule is CC(C)(C)N1CCN(C(=S)OCc2ccccc2)CC1. The molecule has 1 aliphatic heterocycles. The van der Waals surface area contributed by atoms with Crippen LogP contribution in [0.15, 0.2) is 30.3 Å². The Hall–Kier alpha value is -1.13. The van der Waals surface area contributed by atoms with Crippen LogP contribution in [0.5, 0.6) is 0 Å². The molecule has 1 aromatic carbocycles. The van der Waals surface area contributed by atoms with Crippen LogP contribution in [0.1, 0.15) is 26.3 Å². The summed E-state index contributed by atoms with van der Waals surface area (Å²) in [7, 11) is 0. The zero-order chi connectivity index (χ0) is 14.6. The second kappa shape index (κ2) is 6.55. The second-order valence-electron chi connectivity index (χ2n) is 6.19. The molecule has 20 heavy (non-hydrogen) atoms. The topological polar surface area (TPSA) is 15.7 Å². The molecule has 110 valence electrons. The van der Waals surface area contributed by atoms with E-state index in [0.29, 0.717) is 11.8 Å². The van der Waals surface area contributed by atoms with Crippen LogP contribution in [-0.2, 0) is 11.3 Å². The van der Waals surface area contributed by atoms with E-state index in [1.165, 1.54) is 0 Å². The number of ether oxygens (including phenoxy) is 1. The van der Waals surface area contributed by atoms with Crippen LogP contribution in [0.25, 0.3) is 0 Å². The highest BCUT2D eigenvalue weighted by Crippen LogP contribution is 2.16. The second-order valence-corrected chi connectivity index (χ2v) is 6.53. The van der Waals surface area contributed by atoms with E-state index in [0.717, 1.165) is 31.7 Å². The summed E-state index contributed by atoms with van der Waals surface area (Å²) in [6, 6.07) is 10.2. The van der Waals surface area contributed by atoms with Gasteiger partial charge < -0.3 is 9.64 Å². The molecule has 0 N–H and O–H groups in total. The molecule has 1 aromatic rings. The van der Waals surface area contributed by atoms with E-state index < -0.39 is 0 Å². The highest BCUT2D eigenvalue weighted by Gasteiger charge is 2.27. The van der Waals surface area contributed by atoms with Gasteiger partial charge in [-0.1, -0.05) is 30.3 Å². The smallest absolute Gasteiger partial charge is 0.259 e. The van der Waals surface area contributed by atoms with Crippen molar-refractivity contribution >= 4 is 17.4 Å². The molecule has 3 nitrogen and oxygen atoms in total. The van der Waals surface area contributed by atoms with Crippen molar-refractivity contribution in [2.45, 2.75) is 32.9 Å². The molecule has 0 saturated carbocycles. The summed E-state index contributed by atoms with van der Waals surface area (Å²) in [5.41, 5.74) is 1.39. The van der Waals surface area contributed by atoms with Crippen LogP contribution in [0.4, 0.5) is 0 Å². The van der Waals surface area contributed by atoms with E-state index >= 15 is 0 Å². The Bertz CT molecular complexity index is 434. The van der Waals surface area contributed by atoms with Crippen molar-refractivity contribution in [1.29, 1.82) is 0 Å². The lowest BCUT2D eigenvalue weighted by Crippen LogP contribution is -2.54. The Labute approximate surface area is 127 Å². The Morgan fingerprint density at radius 3 is 2.25 bits per heavy atom. The van der Waals surface area contributed by atoms with E-state index in [4.69, 9.17) is 17.0 Å². The molecule has 0 spiro atoms. The maximum absolute atomic E-state index is 5.73. The maximum Gasteiger partial charge on any atom is 0.259 e. The van der Waals surface area contributed by atoms with Gasteiger partial charge in [-0.3, -0.25) is 4.90 Å². The molecule has 0 bridgehead atoms. The van der Waals surface area contributed by atoms with Crippen molar-refractivity contribution in [3.05, 3.63) is 35.9 Å². The number of nitrogens with zero attached hydrogens (tertiary/aromatic N) is 2. The number of thiocarbonyl (C=S) groups is 1. The van der Waals surface area contributed by atoms with Crippen molar-refractivity contribution in [3.63, 3.8) is 0 Å². The summed E-state index contributed by atoms with van der Waals surface area (Å²) in [6.07, 6.45) is 0. The third kappa shape index (κ3) is 4.18. The van der Waals surface area contributed by atoms with E-state index in [-0.39, 0.29) is 5.54 Å². The van der Waals surface area contributed by atoms with Gasteiger partial charge in [-0.25, -0.2) is 0 Å². The first-order chi connectivity index (χ1) is 9.47. The van der Waals surface area contributed by atoms with Crippen LogP contribution < -0.4 is 0 Å². The molecule has 2 rings (SSSR count). The van der Waals surface area contributed by atoms with Crippen molar-refractivity contribution in [2.75, 3.05) is 26.2 Å². The van der Waals surface area contributed by atoms with Crippen LogP contribution in [0, 0.1) is 0 Å². The molecule has 0 aromatic heterocycles. The highest BCUT2D eigenvalue weighted by molar-refractivity contribution is 7.80. The number of piperazine rings is 1.